The van der Waals surface area contributed by atoms with Gasteiger partial charge in [-0.25, -0.2) is 0 Å². The molecule has 0 aliphatic rings. The van der Waals surface area contributed by atoms with E-state index in [0.717, 1.165) is 10.2 Å². The van der Waals surface area contributed by atoms with E-state index in [1.165, 1.54) is 0 Å². The van der Waals surface area contributed by atoms with Gasteiger partial charge in [-0.2, -0.15) is 0 Å². The highest BCUT2D eigenvalue weighted by molar-refractivity contribution is 9.10. The first kappa shape index (κ1) is 25.5. The van der Waals surface area contributed by atoms with Gasteiger partial charge < -0.3 is 24.3 Å². The number of hydrogen-bond donors (Lipinski definition) is 2. The van der Waals surface area contributed by atoms with E-state index < -0.39 is 0 Å². The number of ether oxygens (including phenoxy) is 4. The number of hydrogen-bond acceptors (Lipinski definition) is 6. The zero-order chi connectivity index (χ0) is 24.2. The Bertz CT molecular complexity index is 1080. The van der Waals surface area contributed by atoms with Crippen LogP contribution in [0.5, 0.6) is 17.2 Å². The smallest absolute Gasteiger partial charge is 0.261 e. The van der Waals surface area contributed by atoms with E-state index in [-0.39, 0.29) is 11.0 Å². The maximum atomic E-state index is 12.8. The van der Waals surface area contributed by atoms with Gasteiger partial charge in [0, 0.05) is 17.3 Å². The van der Waals surface area contributed by atoms with Crippen molar-refractivity contribution in [1.29, 1.82) is 0 Å². The number of carbonyl (C=O) groups is 1. The van der Waals surface area contributed by atoms with Crippen molar-refractivity contribution in [3.8, 4) is 17.2 Å². The normalized spacial score (nSPS) is 10.3. The van der Waals surface area contributed by atoms with Crippen LogP contribution >= 0.6 is 28.1 Å². The number of halogens is 1. The number of para-hydroxylation sites is 1. The zero-order valence-corrected chi connectivity index (χ0v) is 21.0. The third-order valence-electron chi connectivity index (χ3n) is 4.43. The minimum atomic E-state index is -0.385. The molecule has 1 amide bonds. The van der Waals surface area contributed by atoms with Crippen LogP contribution in [0.1, 0.15) is 10.4 Å². The lowest BCUT2D eigenvalue weighted by Gasteiger charge is -2.14. The molecule has 0 spiro atoms. The highest BCUT2D eigenvalue weighted by Gasteiger charge is 2.15. The van der Waals surface area contributed by atoms with Crippen molar-refractivity contribution in [3.63, 3.8) is 0 Å². The Morgan fingerprint density at radius 1 is 0.853 bits per heavy atom. The first-order valence-corrected chi connectivity index (χ1v) is 11.7. The highest BCUT2D eigenvalue weighted by Crippen LogP contribution is 2.23. The Morgan fingerprint density at radius 2 is 1.50 bits per heavy atom. The van der Waals surface area contributed by atoms with Gasteiger partial charge in [-0.3, -0.25) is 10.1 Å². The standard InChI is InChI=1S/C25H25BrN2O5S/c1-30-13-14-33-23-12-7-18(26)17-22(23)24(29)28-25(34)27-19-8-10-21(11-9-19)32-16-15-31-20-5-3-2-4-6-20/h2-12,17H,13-16H2,1H3,(H2,27,28,29,34). The van der Waals surface area contributed by atoms with Crippen molar-refractivity contribution in [2.24, 2.45) is 0 Å². The molecule has 0 aromatic heterocycles. The van der Waals surface area contributed by atoms with E-state index >= 15 is 0 Å². The molecule has 0 aliphatic carbocycles. The van der Waals surface area contributed by atoms with Gasteiger partial charge in [-0.05, 0) is 66.8 Å². The molecule has 0 saturated carbocycles. The van der Waals surface area contributed by atoms with Gasteiger partial charge in [0.05, 0.1) is 12.2 Å². The third kappa shape index (κ3) is 8.33. The van der Waals surface area contributed by atoms with E-state index in [9.17, 15) is 4.79 Å². The number of rotatable bonds is 11. The fourth-order valence-corrected chi connectivity index (χ4v) is 3.42. The summed E-state index contributed by atoms with van der Waals surface area (Å²) in [4.78, 5) is 12.8. The van der Waals surface area contributed by atoms with Crippen LogP contribution in [0.25, 0.3) is 0 Å². The Balaban J connectivity index is 1.47. The average Bonchev–Trinajstić information content (AvgIpc) is 2.84. The summed E-state index contributed by atoms with van der Waals surface area (Å²) in [5.41, 5.74) is 1.07. The van der Waals surface area contributed by atoms with Gasteiger partial charge in [0.2, 0.25) is 0 Å². The third-order valence-corrected chi connectivity index (χ3v) is 5.13. The lowest BCUT2D eigenvalue weighted by molar-refractivity contribution is 0.0969. The van der Waals surface area contributed by atoms with Crippen LogP contribution in [-0.2, 0) is 4.74 Å². The summed E-state index contributed by atoms with van der Waals surface area (Å²) in [7, 11) is 1.59. The molecule has 34 heavy (non-hydrogen) atoms. The second-order valence-electron chi connectivity index (χ2n) is 6.92. The monoisotopic (exact) mass is 544 g/mol. The van der Waals surface area contributed by atoms with E-state index in [1.54, 1.807) is 25.3 Å². The number of nitrogens with one attached hydrogen (secondary N) is 2. The second kappa shape index (κ2) is 13.5. The van der Waals surface area contributed by atoms with Crippen LogP contribution in [0.15, 0.2) is 77.3 Å². The zero-order valence-electron chi connectivity index (χ0n) is 18.6. The molecule has 3 rings (SSSR count). The van der Waals surface area contributed by atoms with Gasteiger partial charge in [0.15, 0.2) is 5.11 Å². The number of carbonyl (C=O) groups excluding carboxylic acids is 1. The van der Waals surface area contributed by atoms with Crippen LogP contribution < -0.4 is 24.8 Å². The first-order valence-electron chi connectivity index (χ1n) is 10.5. The van der Waals surface area contributed by atoms with Gasteiger partial charge in [0.25, 0.3) is 5.91 Å². The van der Waals surface area contributed by atoms with E-state index in [0.29, 0.717) is 49.2 Å². The molecule has 178 valence electrons. The Labute approximate surface area is 212 Å². The minimum absolute atomic E-state index is 0.165. The first-order chi connectivity index (χ1) is 16.5. The highest BCUT2D eigenvalue weighted by atomic mass is 79.9. The van der Waals surface area contributed by atoms with Crippen LogP contribution in [0.2, 0.25) is 0 Å². The van der Waals surface area contributed by atoms with Crippen LogP contribution in [0.3, 0.4) is 0 Å². The van der Waals surface area contributed by atoms with Crippen molar-refractivity contribution in [1.82, 2.24) is 5.32 Å². The number of amides is 1. The molecule has 0 bridgehead atoms. The summed E-state index contributed by atoms with van der Waals surface area (Å²) < 4.78 is 22.7. The molecule has 0 unspecified atom stereocenters. The van der Waals surface area contributed by atoms with Crippen molar-refractivity contribution in [2.45, 2.75) is 0 Å². The molecule has 0 heterocycles. The lowest BCUT2D eigenvalue weighted by atomic mass is 10.2. The maximum absolute atomic E-state index is 12.8. The van der Waals surface area contributed by atoms with Crippen LogP contribution in [-0.4, -0.2) is 44.6 Å². The van der Waals surface area contributed by atoms with Crippen molar-refractivity contribution in [3.05, 3.63) is 82.8 Å². The number of benzene rings is 3. The molecule has 3 aromatic rings. The number of methoxy groups -OCH3 is 1. The van der Waals surface area contributed by atoms with Crippen molar-refractivity contribution >= 4 is 44.9 Å². The quantitative estimate of drug-likeness (QED) is 0.258. The van der Waals surface area contributed by atoms with Gasteiger partial charge in [-0.15, -0.1) is 0 Å². The summed E-state index contributed by atoms with van der Waals surface area (Å²) in [6.07, 6.45) is 0. The predicted molar refractivity (Wildman–Crippen MR) is 139 cm³/mol. The minimum Gasteiger partial charge on any atom is -0.490 e. The molecule has 0 atom stereocenters. The fraction of sp³-hybridized carbons (Fsp3) is 0.200. The van der Waals surface area contributed by atoms with E-state index in [4.69, 9.17) is 31.2 Å². The molecule has 3 aromatic carbocycles. The Kier molecular flexibility index (Phi) is 10.1. The number of thiocarbonyl (C=S) groups is 1. The molecular weight excluding hydrogens is 520 g/mol. The summed E-state index contributed by atoms with van der Waals surface area (Å²) in [5, 5.41) is 5.83. The molecule has 2 N–H and O–H groups in total. The molecule has 9 heteroatoms. The van der Waals surface area contributed by atoms with Gasteiger partial charge >= 0.3 is 0 Å². The predicted octanol–water partition coefficient (Wildman–Crippen LogP) is 5.06. The maximum Gasteiger partial charge on any atom is 0.261 e. The van der Waals surface area contributed by atoms with Gasteiger partial charge in [-0.1, -0.05) is 34.1 Å². The summed E-state index contributed by atoms with van der Waals surface area (Å²) in [6, 6.07) is 22.0. The summed E-state index contributed by atoms with van der Waals surface area (Å²) in [5.74, 6) is 1.56. The molecular formula is C25H25BrN2O5S. The second-order valence-corrected chi connectivity index (χ2v) is 8.25. The lowest BCUT2D eigenvalue weighted by Crippen LogP contribution is -2.34. The summed E-state index contributed by atoms with van der Waals surface area (Å²) >= 11 is 8.68. The van der Waals surface area contributed by atoms with Crippen molar-refractivity contribution in [2.75, 3.05) is 38.9 Å². The fourth-order valence-electron chi connectivity index (χ4n) is 2.84. The van der Waals surface area contributed by atoms with Crippen LogP contribution in [0.4, 0.5) is 5.69 Å². The average molecular weight is 545 g/mol. The molecule has 7 nitrogen and oxygen atoms in total. The number of anilines is 1. The molecule has 0 fully saturated rings. The van der Waals surface area contributed by atoms with E-state index in [2.05, 4.69) is 26.6 Å². The summed E-state index contributed by atoms with van der Waals surface area (Å²) in [6.45, 7) is 1.59. The van der Waals surface area contributed by atoms with Crippen molar-refractivity contribution < 1.29 is 23.7 Å². The molecule has 0 radical (unpaired) electrons. The SMILES string of the molecule is COCCOc1ccc(Br)cc1C(=O)NC(=S)Nc1ccc(OCCOc2ccccc2)cc1. The topological polar surface area (TPSA) is 78.1 Å². The largest absolute Gasteiger partial charge is 0.490 e. The Hall–Kier alpha value is -3.14. The molecule has 0 saturated heterocycles. The van der Waals surface area contributed by atoms with Gasteiger partial charge in [0.1, 0.15) is 37.1 Å². The van der Waals surface area contributed by atoms with E-state index in [1.807, 2.05) is 54.6 Å². The van der Waals surface area contributed by atoms with Crippen LogP contribution in [0, 0.1) is 0 Å². The Morgan fingerprint density at radius 3 is 2.18 bits per heavy atom. The molecule has 0 aliphatic heterocycles.